The summed E-state index contributed by atoms with van der Waals surface area (Å²) in [6.07, 6.45) is 4.93. The summed E-state index contributed by atoms with van der Waals surface area (Å²) in [7, 11) is 0. The second-order valence-corrected chi connectivity index (χ2v) is 4.21. The van der Waals surface area contributed by atoms with Crippen LogP contribution in [0.4, 0.5) is 0 Å². The number of furan rings is 2. The maximum Gasteiger partial charge on any atom is 0.134 e. The van der Waals surface area contributed by atoms with Gasteiger partial charge in [-0.05, 0) is 40.5 Å². The van der Waals surface area contributed by atoms with Crippen LogP contribution in [0.25, 0.3) is 0 Å². The molecule has 0 bridgehead atoms. The summed E-state index contributed by atoms with van der Waals surface area (Å²) in [6, 6.07) is 5.58. The first-order valence-corrected chi connectivity index (χ1v) is 5.57. The fourth-order valence-corrected chi connectivity index (χ4v) is 1.95. The molecule has 80 valence electrons. The zero-order chi connectivity index (χ0) is 10.7. The van der Waals surface area contributed by atoms with E-state index in [9.17, 15) is 0 Å². The summed E-state index contributed by atoms with van der Waals surface area (Å²) in [5, 5.41) is 0. The van der Waals surface area contributed by atoms with Gasteiger partial charge in [0.2, 0.25) is 0 Å². The topological polar surface area (TPSA) is 52.3 Å². The standard InChI is InChI=1S/C11H12BrNO2/c12-9-5-7-15-11(9)10(13)4-3-8-2-1-6-14-8/h1-2,5-7,10H,3-4,13H2. The largest absolute Gasteiger partial charge is 0.469 e. The molecule has 15 heavy (non-hydrogen) atoms. The van der Waals surface area contributed by atoms with Crippen LogP contribution >= 0.6 is 15.9 Å². The molecule has 1 unspecified atom stereocenters. The first-order chi connectivity index (χ1) is 7.27. The molecule has 3 nitrogen and oxygen atoms in total. The molecule has 0 aliphatic carbocycles. The van der Waals surface area contributed by atoms with E-state index in [4.69, 9.17) is 14.6 Å². The Morgan fingerprint density at radius 2 is 2.13 bits per heavy atom. The third kappa shape index (κ3) is 2.52. The van der Waals surface area contributed by atoms with Gasteiger partial charge in [-0.25, -0.2) is 0 Å². The van der Waals surface area contributed by atoms with Crippen molar-refractivity contribution in [1.82, 2.24) is 0 Å². The molecule has 0 saturated heterocycles. The monoisotopic (exact) mass is 269 g/mol. The molecule has 4 heteroatoms. The van der Waals surface area contributed by atoms with Crippen molar-refractivity contribution in [1.29, 1.82) is 0 Å². The molecule has 0 fully saturated rings. The predicted octanol–water partition coefficient (Wildman–Crippen LogP) is 3.27. The van der Waals surface area contributed by atoms with Gasteiger partial charge in [0.25, 0.3) is 0 Å². The maximum absolute atomic E-state index is 5.99. The minimum absolute atomic E-state index is 0.0977. The van der Waals surface area contributed by atoms with E-state index in [1.807, 2.05) is 18.2 Å². The lowest BCUT2D eigenvalue weighted by molar-refractivity contribution is 0.432. The van der Waals surface area contributed by atoms with Crippen molar-refractivity contribution in [2.75, 3.05) is 0 Å². The average Bonchev–Trinajstić information content (AvgIpc) is 2.84. The molecule has 2 aromatic rings. The van der Waals surface area contributed by atoms with Crippen LogP contribution in [0.3, 0.4) is 0 Å². The van der Waals surface area contributed by atoms with Gasteiger partial charge >= 0.3 is 0 Å². The van der Waals surface area contributed by atoms with Crippen molar-refractivity contribution < 1.29 is 8.83 Å². The molecule has 0 aromatic carbocycles. The number of hydrogen-bond acceptors (Lipinski definition) is 3. The highest BCUT2D eigenvalue weighted by atomic mass is 79.9. The molecule has 0 saturated carbocycles. The van der Waals surface area contributed by atoms with E-state index >= 15 is 0 Å². The smallest absolute Gasteiger partial charge is 0.134 e. The molecule has 2 heterocycles. The van der Waals surface area contributed by atoms with Crippen LogP contribution in [-0.2, 0) is 6.42 Å². The van der Waals surface area contributed by atoms with Gasteiger partial charge < -0.3 is 14.6 Å². The van der Waals surface area contributed by atoms with Crippen molar-refractivity contribution in [3.8, 4) is 0 Å². The van der Waals surface area contributed by atoms with Crippen LogP contribution in [0.5, 0.6) is 0 Å². The fourth-order valence-electron chi connectivity index (χ4n) is 1.45. The number of halogens is 1. The van der Waals surface area contributed by atoms with Gasteiger partial charge in [-0.3, -0.25) is 0 Å². The van der Waals surface area contributed by atoms with E-state index in [0.717, 1.165) is 28.8 Å². The molecule has 2 rings (SSSR count). The molecule has 0 spiro atoms. The van der Waals surface area contributed by atoms with Crippen LogP contribution in [0.2, 0.25) is 0 Å². The van der Waals surface area contributed by atoms with Gasteiger partial charge in [0.05, 0.1) is 23.0 Å². The van der Waals surface area contributed by atoms with Crippen LogP contribution in [-0.4, -0.2) is 0 Å². The first-order valence-electron chi connectivity index (χ1n) is 4.78. The predicted molar refractivity (Wildman–Crippen MR) is 60.4 cm³/mol. The van der Waals surface area contributed by atoms with Crippen LogP contribution in [0.1, 0.15) is 24.0 Å². The molecule has 2 aromatic heterocycles. The summed E-state index contributed by atoms with van der Waals surface area (Å²) in [5.41, 5.74) is 5.99. The Labute approximate surface area is 96.4 Å². The van der Waals surface area contributed by atoms with Gasteiger partial charge in [0, 0.05) is 6.42 Å². The Morgan fingerprint density at radius 3 is 2.73 bits per heavy atom. The summed E-state index contributed by atoms with van der Waals surface area (Å²) < 4.78 is 11.5. The Kier molecular flexibility index (Phi) is 3.28. The van der Waals surface area contributed by atoms with Crippen molar-refractivity contribution in [2.45, 2.75) is 18.9 Å². The molecule has 0 aliphatic heterocycles. The zero-order valence-electron chi connectivity index (χ0n) is 8.15. The number of hydrogen-bond donors (Lipinski definition) is 1. The molecular weight excluding hydrogens is 258 g/mol. The number of rotatable bonds is 4. The lowest BCUT2D eigenvalue weighted by Crippen LogP contribution is -2.10. The SMILES string of the molecule is NC(CCc1ccco1)c1occc1Br. The van der Waals surface area contributed by atoms with Gasteiger partial charge in [-0.1, -0.05) is 0 Å². The minimum Gasteiger partial charge on any atom is -0.469 e. The van der Waals surface area contributed by atoms with Crippen molar-refractivity contribution >= 4 is 15.9 Å². The molecular formula is C11H12BrNO2. The zero-order valence-corrected chi connectivity index (χ0v) is 9.74. The Hall–Kier alpha value is -1.00. The Balaban J connectivity index is 1.93. The molecule has 2 N–H and O–H groups in total. The highest BCUT2D eigenvalue weighted by molar-refractivity contribution is 9.10. The number of nitrogens with two attached hydrogens (primary N) is 1. The Morgan fingerprint density at radius 1 is 1.27 bits per heavy atom. The fraction of sp³-hybridized carbons (Fsp3) is 0.273. The summed E-state index contributed by atoms with van der Waals surface area (Å²) in [4.78, 5) is 0. The molecule has 1 atom stereocenters. The molecule has 0 aliphatic rings. The van der Waals surface area contributed by atoms with Gasteiger partial charge in [-0.15, -0.1) is 0 Å². The third-order valence-corrected chi connectivity index (χ3v) is 2.92. The molecule has 0 amide bonds. The van der Waals surface area contributed by atoms with Gasteiger partial charge in [0.15, 0.2) is 0 Å². The van der Waals surface area contributed by atoms with E-state index in [1.54, 1.807) is 12.5 Å². The van der Waals surface area contributed by atoms with Crippen molar-refractivity contribution in [3.63, 3.8) is 0 Å². The Bertz CT molecular complexity index is 408. The highest BCUT2D eigenvalue weighted by Crippen LogP contribution is 2.25. The average molecular weight is 270 g/mol. The summed E-state index contributed by atoms with van der Waals surface area (Å²) in [5.74, 6) is 1.75. The van der Waals surface area contributed by atoms with E-state index in [1.165, 1.54) is 0 Å². The second-order valence-electron chi connectivity index (χ2n) is 3.36. The normalized spacial score (nSPS) is 12.9. The number of aryl methyl sites for hydroxylation is 1. The van der Waals surface area contributed by atoms with Crippen LogP contribution < -0.4 is 5.73 Å². The van der Waals surface area contributed by atoms with Crippen LogP contribution in [0.15, 0.2) is 44.0 Å². The van der Waals surface area contributed by atoms with E-state index < -0.39 is 0 Å². The van der Waals surface area contributed by atoms with E-state index in [-0.39, 0.29) is 6.04 Å². The van der Waals surface area contributed by atoms with Crippen LogP contribution in [0, 0.1) is 0 Å². The highest BCUT2D eigenvalue weighted by Gasteiger charge is 2.13. The van der Waals surface area contributed by atoms with Gasteiger partial charge in [0.1, 0.15) is 11.5 Å². The van der Waals surface area contributed by atoms with Gasteiger partial charge in [-0.2, -0.15) is 0 Å². The molecule has 0 radical (unpaired) electrons. The first kappa shape index (κ1) is 10.5. The summed E-state index contributed by atoms with van der Waals surface area (Å²) >= 11 is 3.39. The maximum atomic E-state index is 5.99. The summed E-state index contributed by atoms with van der Waals surface area (Å²) in [6.45, 7) is 0. The lowest BCUT2D eigenvalue weighted by Gasteiger charge is -2.07. The van der Waals surface area contributed by atoms with Crippen molar-refractivity contribution in [2.24, 2.45) is 5.73 Å². The quantitative estimate of drug-likeness (QED) is 0.927. The second kappa shape index (κ2) is 4.68. The van der Waals surface area contributed by atoms with E-state index in [2.05, 4.69) is 15.9 Å². The van der Waals surface area contributed by atoms with E-state index in [0.29, 0.717) is 0 Å². The third-order valence-electron chi connectivity index (χ3n) is 2.26. The minimum atomic E-state index is -0.0977. The van der Waals surface area contributed by atoms with Crippen molar-refractivity contribution in [3.05, 3.63) is 46.7 Å². The lowest BCUT2D eigenvalue weighted by atomic mass is 10.1.